The van der Waals surface area contributed by atoms with Crippen molar-refractivity contribution in [2.75, 3.05) is 26.2 Å². The summed E-state index contributed by atoms with van der Waals surface area (Å²) in [7, 11) is 0. The molecule has 0 aromatic carbocycles. The highest BCUT2D eigenvalue weighted by atomic mass is 16.3. The fourth-order valence-corrected chi connectivity index (χ4v) is 18.3. The van der Waals surface area contributed by atoms with Crippen LogP contribution in [0.15, 0.2) is 0 Å². The standard InChI is InChI=1S/C52H89N3O6/c1-31(39-13-15-41-37-11-9-33-27-35(56)19-21-49(33,3)43(37)29-45(58)51(39,41)5)7-17-47(60)54-25-23-53-24-26-55-48(61)18-8-32(2)40-14-16-42-38-12-10-34-28-36(57)20-22-50(34,4)44(38)30-46(59)52(40,42)6/h31-46,53,56-59H,7-30H2,1-6H3,(H,54,60)(H,55,61)/t31-,32-,33-,34-,35-,36-,37+,38+,39-,40-,41+,42+,43+,44+,45+,46+,49+,50+,51-,52-/m1/s1. The van der Waals surface area contributed by atoms with Crippen LogP contribution in [0.3, 0.4) is 0 Å². The van der Waals surface area contributed by atoms with Crippen molar-refractivity contribution in [3.63, 3.8) is 0 Å². The summed E-state index contributed by atoms with van der Waals surface area (Å²) in [5.74, 6) is 6.65. The highest BCUT2D eigenvalue weighted by Crippen LogP contribution is 2.70. The Morgan fingerprint density at radius 1 is 0.525 bits per heavy atom. The van der Waals surface area contributed by atoms with Gasteiger partial charge in [0.15, 0.2) is 0 Å². The van der Waals surface area contributed by atoms with Gasteiger partial charge in [-0.2, -0.15) is 0 Å². The van der Waals surface area contributed by atoms with E-state index < -0.39 is 0 Å². The summed E-state index contributed by atoms with van der Waals surface area (Å²) in [5, 5.41) is 54.2. The average molecular weight is 852 g/mol. The number of carbonyl (C=O) groups excluding carboxylic acids is 2. The van der Waals surface area contributed by atoms with Gasteiger partial charge < -0.3 is 36.4 Å². The largest absolute Gasteiger partial charge is 0.393 e. The summed E-state index contributed by atoms with van der Waals surface area (Å²) in [6, 6.07) is 0. The summed E-state index contributed by atoms with van der Waals surface area (Å²) in [4.78, 5) is 25.9. The average Bonchev–Trinajstić information content (AvgIpc) is 3.79. The Balaban J connectivity index is 0.701. The van der Waals surface area contributed by atoms with E-state index in [1.807, 2.05) is 0 Å². The van der Waals surface area contributed by atoms with Gasteiger partial charge in [0.2, 0.25) is 11.8 Å². The lowest BCUT2D eigenvalue weighted by Crippen LogP contribution is -2.58. The van der Waals surface area contributed by atoms with Crippen molar-refractivity contribution in [2.24, 2.45) is 92.7 Å². The number of amides is 2. The molecular weight excluding hydrogens is 763 g/mol. The van der Waals surface area contributed by atoms with Crippen molar-refractivity contribution < 1.29 is 30.0 Å². The van der Waals surface area contributed by atoms with Crippen molar-refractivity contribution in [1.29, 1.82) is 0 Å². The third kappa shape index (κ3) is 8.32. The van der Waals surface area contributed by atoms with E-state index >= 15 is 0 Å². The van der Waals surface area contributed by atoms with E-state index in [1.165, 1.54) is 38.5 Å². The maximum absolute atomic E-state index is 12.9. The van der Waals surface area contributed by atoms with Gasteiger partial charge in [-0.1, -0.05) is 41.5 Å². The predicted octanol–water partition coefficient (Wildman–Crippen LogP) is 7.62. The Hall–Kier alpha value is -1.26. The van der Waals surface area contributed by atoms with Crippen LogP contribution >= 0.6 is 0 Å². The van der Waals surface area contributed by atoms with Crippen LogP contribution in [0.2, 0.25) is 0 Å². The molecule has 2 amide bonds. The monoisotopic (exact) mass is 852 g/mol. The lowest BCUT2D eigenvalue weighted by atomic mass is 9.43. The second-order valence-corrected chi connectivity index (χ2v) is 24.3. The number of hydrogen-bond donors (Lipinski definition) is 7. The Morgan fingerprint density at radius 2 is 0.934 bits per heavy atom. The van der Waals surface area contributed by atoms with E-state index in [9.17, 15) is 30.0 Å². The molecule has 9 nitrogen and oxygen atoms in total. The van der Waals surface area contributed by atoms with E-state index in [4.69, 9.17) is 0 Å². The van der Waals surface area contributed by atoms with Gasteiger partial charge in [-0.15, -0.1) is 0 Å². The molecule has 0 radical (unpaired) electrons. The van der Waals surface area contributed by atoms with Crippen LogP contribution in [0, 0.1) is 92.7 Å². The molecule has 8 aliphatic carbocycles. The predicted molar refractivity (Wildman–Crippen MR) is 241 cm³/mol. The summed E-state index contributed by atoms with van der Waals surface area (Å²) >= 11 is 0. The molecule has 348 valence electrons. The molecule has 0 aromatic rings. The van der Waals surface area contributed by atoms with Crippen molar-refractivity contribution in [3.05, 3.63) is 0 Å². The number of aliphatic hydroxyl groups excluding tert-OH is 4. The Labute approximate surface area is 369 Å². The number of hydrogen-bond acceptors (Lipinski definition) is 7. The molecule has 0 saturated heterocycles. The van der Waals surface area contributed by atoms with Crippen molar-refractivity contribution in [1.82, 2.24) is 16.0 Å². The van der Waals surface area contributed by atoms with Gasteiger partial charge in [-0.05, 0) is 208 Å². The smallest absolute Gasteiger partial charge is 0.220 e. The molecular formula is C52H89N3O6. The lowest BCUT2D eigenvalue weighted by molar-refractivity contribution is -0.175. The first kappa shape index (κ1) is 46.3. The van der Waals surface area contributed by atoms with Crippen LogP contribution in [-0.2, 0) is 9.59 Å². The van der Waals surface area contributed by atoms with Gasteiger partial charge in [0.1, 0.15) is 0 Å². The molecule has 8 rings (SSSR count). The number of rotatable bonds is 14. The van der Waals surface area contributed by atoms with E-state index in [2.05, 4.69) is 57.5 Å². The lowest BCUT2D eigenvalue weighted by Gasteiger charge is -2.62. The van der Waals surface area contributed by atoms with Crippen LogP contribution in [0.25, 0.3) is 0 Å². The minimum absolute atomic E-state index is 0.0766. The maximum Gasteiger partial charge on any atom is 0.220 e. The zero-order valence-corrected chi connectivity index (χ0v) is 39.3. The highest BCUT2D eigenvalue weighted by molar-refractivity contribution is 5.76. The number of aliphatic hydroxyl groups is 4. The fourth-order valence-electron chi connectivity index (χ4n) is 18.3. The van der Waals surface area contributed by atoms with Gasteiger partial charge in [-0.3, -0.25) is 9.59 Å². The van der Waals surface area contributed by atoms with Crippen molar-refractivity contribution in [3.8, 4) is 0 Å². The molecule has 0 heterocycles. The Morgan fingerprint density at radius 3 is 1.34 bits per heavy atom. The Bertz CT molecular complexity index is 1440. The third-order valence-corrected chi connectivity index (χ3v) is 21.9. The van der Waals surface area contributed by atoms with E-state index in [0.717, 1.165) is 77.0 Å². The zero-order valence-electron chi connectivity index (χ0n) is 39.3. The first-order valence-corrected chi connectivity index (χ1v) is 26.0. The summed E-state index contributed by atoms with van der Waals surface area (Å²) in [6.07, 6.45) is 19.2. The normalized spacial score (nSPS) is 48.6. The van der Waals surface area contributed by atoms with Gasteiger partial charge in [0, 0.05) is 39.0 Å². The minimum atomic E-state index is -0.291. The second kappa shape index (κ2) is 18.2. The van der Waals surface area contributed by atoms with Gasteiger partial charge in [-0.25, -0.2) is 0 Å². The van der Waals surface area contributed by atoms with E-state index in [1.54, 1.807) is 0 Å². The summed E-state index contributed by atoms with van der Waals surface area (Å²) in [6.45, 7) is 16.8. The Kier molecular flexibility index (Phi) is 13.8. The minimum Gasteiger partial charge on any atom is -0.393 e. The summed E-state index contributed by atoms with van der Waals surface area (Å²) < 4.78 is 0. The van der Waals surface area contributed by atoms with Gasteiger partial charge in [0.25, 0.3) is 0 Å². The molecule has 8 aliphatic rings. The van der Waals surface area contributed by atoms with Crippen molar-refractivity contribution in [2.45, 2.75) is 194 Å². The second-order valence-electron chi connectivity index (χ2n) is 24.3. The molecule has 20 atom stereocenters. The maximum atomic E-state index is 12.9. The molecule has 61 heavy (non-hydrogen) atoms. The molecule has 0 spiro atoms. The van der Waals surface area contributed by atoms with Crippen LogP contribution in [0.4, 0.5) is 0 Å². The molecule has 8 fully saturated rings. The van der Waals surface area contributed by atoms with Gasteiger partial charge in [0.05, 0.1) is 24.4 Å². The highest BCUT2D eigenvalue weighted by Gasteiger charge is 2.65. The third-order valence-electron chi connectivity index (χ3n) is 21.9. The fraction of sp³-hybridized carbons (Fsp3) is 0.962. The van der Waals surface area contributed by atoms with Crippen LogP contribution < -0.4 is 16.0 Å². The SMILES string of the molecule is C[C@H](CCC(=O)NCCNCCNC(=O)CC[C@@H](C)[C@H]1CC[C@H]2[C@@H]3CC[C@@H]4C[C@H](O)CC[C@]4(C)[C@H]3C[C@H](O)[C@]12C)[C@H]1CC[C@H]2[C@@H]3CC[C@@H]4C[C@H](O)CC[C@]4(C)[C@H]3C[C@H](O)[C@]12C. The zero-order chi connectivity index (χ0) is 43.5. The number of fused-ring (bicyclic) bond motifs is 10. The number of carbonyl (C=O) groups is 2. The molecule has 0 aromatic heterocycles. The van der Waals surface area contributed by atoms with Crippen LogP contribution in [0.5, 0.6) is 0 Å². The molecule has 0 aliphatic heterocycles. The van der Waals surface area contributed by atoms with E-state index in [0.29, 0.717) is 110 Å². The topological polar surface area (TPSA) is 151 Å². The molecule has 7 N–H and O–H groups in total. The molecule has 0 bridgehead atoms. The van der Waals surface area contributed by atoms with E-state index in [-0.39, 0.29) is 57.9 Å². The number of nitrogens with one attached hydrogen (secondary N) is 3. The molecule has 9 heteroatoms. The first-order chi connectivity index (χ1) is 29.0. The van der Waals surface area contributed by atoms with Gasteiger partial charge >= 0.3 is 0 Å². The molecule has 0 unspecified atom stereocenters. The van der Waals surface area contributed by atoms with Crippen LogP contribution in [0.1, 0.15) is 170 Å². The molecule has 8 saturated carbocycles. The van der Waals surface area contributed by atoms with Crippen LogP contribution in [-0.4, -0.2) is 82.8 Å². The van der Waals surface area contributed by atoms with Crippen molar-refractivity contribution >= 4 is 11.8 Å². The quantitative estimate of drug-likeness (QED) is 0.0889. The first-order valence-electron chi connectivity index (χ1n) is 26.0. The summed E-state index contributed by atoms with van der Waals surface area (Å²) in [5.41, 5.74) is 0.345.